The fourth-order valence-corrected chi connectivity index (χ4v) is 2.27. The molecule has 1 unspecified atom stereocenters. The van der Waals surface area contributed by atoms with E-state index in [-0.39, 0.29) is 42.1 Å². The molecule has 5 nitrogen and oxygen atoms in total. The summed E-state index contributed by atoms with van der Waals surface area (Å²) in [6.07, 6.45) is 0.905. The van der Waals surface area contributed by atoms with Crippen LogP contribution in [0, 0.1) is 18.8 Å². The molecule has 0 aliphatic heterocycles. The summed E-state index contributed by atoms with van der Waals surface area (Å²) in [4.78, 5) is 24.5. The quantitative estimate of drug-likeness (QED) is 0.658. The van der Waals surface area contributed by atoms with Gasteiger partial charge in [0.15, 0.2) is 0 Å². The second kappa shape index (κ2) is 11.1. The predicted octanol–water partition coefficient (Wildman–Crippen LogP) is 2.66. The van der Waals surface area contributed by atoms with Gasteiger partial charge in [0.1, 0.15) is 0 Å². The van der Waals surface area contributed by atoms with E-state index in [1.807, 2.05) is 32.9 Å². The van der Waals surface area contributed by atoms with Crippen LogP contribution in [-0.4, -0.2) is 30.4 Å². The van der Waals surface area contributed by atoms with Crippen molar-refractivity contribution in [3.63, 3.8) is 0 Å². The summed E-state index contributed by atoms with van der Waals surface area (Å²) in [5.74, 6) is 0.0157. The molecule has 0 heterocycles. The molecule has 2 amide bonds. The van der Waals surface area contributed by atoms with E-state index in [0.29, 0.717) is 12.1 Å². The number of hydrogen-bond acceptors (Lipinski definition) is 3. The number of benzene rings is 1. The third kappa shape index (κ3) is 7.45. The third-order valence-corrected chi connectivity index (χ3v) is 4.48. The van der Waals surface area contributed by atoms with Crippen molar-refractivity contribution in [2.75, 3.05) is 6.54 Å². The van der Waals surface area contributed by atoms with Gasteiger partial charge in [-0.2, -0.15) is 0 Å². The Hall–Kier alpha value is -1.59. The number of amides is 2. The normalized spacial score (nSPS) is 14.2. The molecular weight excluding hydrogens is 338 g/mol. The van der Waals surface area contributed by atoms with Crippen LogP contribution in [0.4, 0.5) is 0 Å². The summed E-state index contributed by atoms with van der Waals surface area (Å²) >= 11 is 0. The van der Waals surface area contributed by atoms with E-state index < -0.39 is 6.04 Å². The highest BCUT2D eigenvalue weighted by Gasteiger charge is 2.24. The van der Waals surface area contributed by atoms with Crippen LogP contribution in [0.2, 0.25) is 0 Å². The summed E-state index contributed by atoms with van der Waals surface area (Å²) < 4.78 is 0. The molecule has 1 rings (SSSR count). The average Bonchev–Trinajstić information content (AvgIpc) is 2.57. The number of nitrogens with two attached hydrogens (primary N) is 1. The maximum absolute atomic E-state index is 12.3. The van der Waals surface area contributed by atoms with Gasteiger partial charge < -0.3 is 16.4 Å². The molecule has 0 spiro atoms. The molecule has 0 aromatic heterocycles. The van der Waals surface area contributed by atoms with Crippen molar-refractivity contribution in [2.45, 2.75) is 53.1 Å². The molecule has 1 aromatic carbocycles. The molecule has 0 aliphatic carbocycles. The minimum absolute atomic E-state index is 0. The molecule has 25 heavy (non-hydrogen) atoms. The van der Waals surface area contributed by atoms with Crippen molar-refractivity contribution in [2.24, 2.45) is 17.6 Å². The van der Waals surface area contributed by atoms with Gasteiger partial charge in [-0.15, -0.1) is 12.4 Å². The third-order valence-electron chi connectivity index (χ3n) is 4.48. The molecule has 0 bridgehead atoms. The molecular formula is C19H32ClN3O2. The van der Waals surface area contributed by atoms with Gasteiger partial charge in [-0.25, -0.2) is 0 Å². The molecule has 142 valence electrons. The highest BCUT2D eigenvalue weighted by Crippen LogP contribution is 2.09. The van der Waals surface area contributed by atoms with Crippen LogP contribution >= 0.6 is 12.4 Å². The lowest BCUT2D eigenvalue weighted by atomic mass is 9.97. The van der Waals surface area contributed by atoms with Gasteiger partial charge in [0.2, 0.25) is 5.91 Å². The van der Waals surface area contributed by atoms with Crippen LogP contribution in [0.5, 0.6) is 0 Å². The first-order chi connectivity index (χ1) is 11.3. The molecule has 0 fully saturated rings. The highest BCUT2D eigenvalue weighted by atomic mass is 35.5. The molecule has 1 aromatic rings. The SMILES string of the molecule is CC[C@H](C)[C@@H](CNC(=O)c1ccc(C)cc1)NC(=O)C(N)C(C)C.Cl. The Kier molecular flexibility index (Phi) is 10.4. The van der Waals surface area contributed by atoms with Crippen molar-refractivity contribution in [3.05, 3.63) is 35.4 Å². The highest BCUT2D eigenvalue weighted by molar-refractivity contribution is 5.94. The smallest absolute Gasteiger partial charge is 0.251 e. The van der Waals surface area contributed by atoms with E-state index in [1.54, 1.807) is 12.1 Å². The van der Waals surface area contributed by atoms with Crippen LogP contribution in [0.1, 0.15) is 50.0 Å². The lowest BCUT2D eigenvalue weighted by Gasteiger charge is -2.27. The maximum Gasteiger partial charge on any atom is 0.251 e. The fourth-order valence-electron chi connectivity index (χ4n) is 2.27. The topological polar surface area (TPSA) is 84.2 Å². The Morgan fingerprint density at radius 1 is 1.12 bits per heavy atom. The molecule has 0 saturated heterocycles. The van der Waals surface area contributed by atoms with Crippen molar-refractivity contribution in [3.8, 4) is 0 Å². The molecule has 0 radical (unpaired) electrons. The van der Waals surface area contributed by atoms with Crippen molar-refractivity contribution < 1.29 is 9.59 Å². The number of hydrogen-bond donors (Lipinski definition) is 3. The molecule has 4 N–H and O–H groups in total. The van der Waals surface area contributed by atoms with Gasteiger partial charge in [0.05, 0.1) is 6.04 Å². The maximum atomic E-state index is 12.3. The van der Waals surface area contributed by atoms with E-state index >= 15 is 0 Å². The number of aryl methyl sites for hydroxylation is 1. The van der Waals surface area contributed by atoms with Crippen LogP contribution in [0.25, 0.3) is 0 Å². The number of carbonyl (C=O) groups excluding carboxylic acids is 2. The minimum atomic E-state index is -0.538. The zero-order chi connectivity index (χ0) is 18.3. The molecule has 0 aliphatic rings. The predicted molar refractivity (Wildman–Crippen MR) is 105 cm³/mol. The van der Waals surface area contributed by atoms with E-state index in [4.69, 9.17) is 5.73 Å². The number of nitrogens with one attached hydrogen (secondary N) is 2. The van der Waals surface area contributed by atoms with E-state index in [9.17, 15) is 9.59 Å². The Labute approximate surface area is 157 Å². The first kappa shape index (κ1) is 23.4. The van der Waals surface area contributed by atoms with E-state index in [0.717, 1.165) is 12.0 Å². The van der Waals surface area contributed by atoms with Gasteiger partial charge >= 0.3 is 0 Å². The summed E-state index contributed by atoms with van der Waals surface area (Å²) in [6, 6.07) is 6.74. The Morgan fingerprint density at radius 3 is 2.16 bits per heavy atom. The van der Waals surface area contributed by atoms with Crippen LogP contribution in [-0.2, 0) is 4.79 Å². The fraction of sp³-hybridized carbons (Fsp3) is 0.579. The largest absolute Gasteiger partial charge is 0.350 e. The number of halogens is 1. The summed E-state index contributed by atoms with van der Waals surface area (Å²) in [6.45, 7) is 10.3. The second-order valence-corrected chi connectivity index (χ2v) is 6.85. The molecule has 3 atom stereocenters. The van der Waals surface area contributed by atoms with E-state index in [1.165, 1.54) is 0 Å². The first-order valence-corrected chi connectivity index (χ1v) is 8.67. The van der Waals surface area contributed by atoms with Crippen molar-refractivity contribution in [1.82, 2.24) is 10.6 Å². The lowest BCUT2D eigenvalue weighted by Crippen LogP contribution is -2.53. The average molecular weight is 370 g/mol. The van der Waals surface area contributed by atoms with Crippen LogP contribution in [0.3, 0.4) is 0 Å². The standard InChI is InChI=1S/C19H31N3O2.ClH/c1-6-14(5)16(22-19(24)17(20)12(2)3)11-21-18(23)15-9-7-13(4)8-10-15;/h7-10,12,14,16-17H,6,11,20H2,1-5H3,(H,21,23)(H,22,24);1H/t14-,16+,17?;/m0./s1. The summed E-state index contributed by atoms with van der Waals surface area (Å²) in [5, 5.41) is 5.90. The number of carbonyl (C=O) groups is 2. The van der Waals surface area contributed by atoms with Crippen molar-refractivity contribution >= 4 is 24.2 Å². The van der Waals surface area contributed by atoms with Gasteiger partial charge in [-0.05, 0) is 30.9 Å². The van der Waals surface area contributed by atoms with Crippen molar-refractivity contribution in [1.29, 1.82) is 0 Å². The molecule has 6 heteroatoms. The first-order valence-electron chi connectivity index (χ1n) is 8.67. The molecule has 0 saturated carbocycles. The minimum Gasteiger partial charge on any atom is -0.350 e. The Balaban J connectivity index is 0.00000576. The Morgan fingerprint density at radius 2 is 1.68 bits per heavy atom. The van der Waals surface area contributed by atoms with Crippen LogP contribution in [0.15, 0.2) is 24.3 Å². The van der Waals surface area contributed by atoms with Gasteiger partial charge in [-0.3, -0.25) is 9.59 Å². The van der Waals surface area contributed by atoms with Gasteiger partial charge in [-0.1, -0.05) is 51.8 Å². The van der Waals surface area contributed by atoms with Crippen LogP contribution < -0.4 is 16.4 Å². The monoisotopic (exact) mass is 369 g/mol. The number of rotatable bonds is 8. The van der Waals surface area contributed by atoms with Gasteiger partial charge in [0.25, 0.3) is 5.91 Å². The van der Waals surface area contributed by atoms with Gasteiger partial charge in [0, 0.05) is 18.2 Å². The zero-order valence-electron chi connectivity index (χ0n) is 15.8. The Bertz CT molecular complexity index is 546. The lowest BCUT2D eigenvalue weighted by molar-refractivity contribution is -0.124. The summed E-state index contributed by atoms with van der Waals surface area (Å²) in [7, 11) is 0. The summed E-state index contributed by atoms with van der Waals surface area (Å²) in [5.41, 5.74) is 7.64. The second-order valence-electron chi connectivity index (χ2n) is 6.85. The zero-order valence-corrected chi connectivity index (χ0v) is 16.7. The van der Waals surface area contributed by atoms with E-state index in [2.05, 4.69) is 24.5 Å².